The van der Waals surface area contributed by atoms with Crippen LogP contribution in [-0.2, 0) is 0 Å². The third-order valence-electron chi connectivity index (χ3n) is 3.25. The van der Waals surface area contributed by atoms with Gasteiger partial charge in [-0.3, -0.25) is 0 Å². The predicted octanol–water partition coefficient (Wildman–Crippen LogP) is 2.59. The summed E-state index contributed by atoms with van der Waals surface area (Å²) in [6.45, 7) is 14.9. The monoisotopic (exact) mass is 155 g/mol. The van der Waals surface area contributed by atoms with Crippen LogP contribution in [0.1, 0.15) is 34.6 Å². The van der Waals surface area contributed by atoms with Gasteiger partial charge in [-0.15, -0.1) is 0 Å². The summed E-state index contributed by atoms with van der Waals surface area (Å²) in [6, 6.07) is 0. The Hall–Kier alpha value is -0.300. The number of rotatable bonds is 3. The first-order chi connectivity index (χ1) is 4.75. The maximum atomic E-state index is 4.00. The molecule has 1 heteroatoms. The third kappa shape index (κ3) is 1.84. The lowest BCUT2D eigenvalue weighted by molar-refractivity contribution is 0.210. The van der Waals surface area contributed by atoms with Crippen molar-refractivity contribution in [3.63, 3.8) is 0 Å². The molecule has 0 heterocycles. The summed E-state index contributed by atoms with van der Waals surface area (Å²) in [7, 11) is 1.99. The molecule has 1 nitrogen and oxygen atoms in total. The van der Waals surface area contributed by atoms with Crippen LogP contribution in [0.2, 0.25) is 0 Å². The van der Waals surface area contributed by atoms with Crippen LogP contribution in [0.5, 0.6) is 0 Å². The third-order valence-corrected chi connectivity index (χ3v) is 3.25. The predicted molar refractivity (Wildman–Crippen MR) is 51.7 cm³/mol. The van der Waals surface area contributed by atoms with Gasteiger partial charge >= 0.3 is 0 Å². The molecule has 0 spiro atoms. The smallest absolute Gasteiger partial charge is 0.0209 e. The minimum absolute atomic E-state index is 0.110. The molecule has 0 bridgehead atoms. The van der Waals surface area contributed by atoms with Crippen LogP contribution in [0.3, 0.4) is 0 Å². The Morgan fingerprint density at radius 3 is 1.64 bits per heavy atom. The van der Waals surface area contributed by atoms with E-state index in [9.17, 15) is 0 Å². The summed E-state index contributed by atoms with van der Waals surface area (Å²) >= 11 is 0. The van der Waals surface area contributed by atoms with Crippen LogP contribution in [0.25, 0.3) is 0 Å². The van der Waals surface area contributed by atoms with Crippen molar-refractivity contribution in [1.82, 2.24) is 5.32 Å². The van der Waals surface area contributed by atoms with Crippen molar-refractivity contribution >= 4 is 0 Å². The van der Waals surface area contributed by atoms with Crippen molar-refractivity contribution in [2.45, 2.75) is 40.2 Å². The van der Waals surface area contributed by atoms with Crippen LogP contribution >= 0.6 is 0 Å². The molecule has 0 aromatic heterocycles. The first-order valence-corrected chi connectivity index (χ1v) is 4.10. The lowest BCUT2D eigenvalue weighted by Crippen LogP contribution is -2.50. The molecule has 0 aromatic rings. The van der Waals surface area contributed by atoms with Crippen LogP contribution in [0.15, 0.2) is 12.2 Å². The molecule has 66 valence electrons. The maximum absolute atomic E-state index is 4.00. The van der Waals surface area contributed by atoms with E-state index in [1.54, 1.807) is 0 Å². The molecule has 0 radical (unpaired) electrons. The molecular formula is C10H21N. The van der Waals surface area contributed by atoms with Gasteiger partial charge in [0.1, 0.15) is 0 Å². The molecule has 11 heavy (non-hydrogen) atoms. The molecule has 0 aliphatic rings. The molecule has 0 aromatic carbocycles. The molecule has 0 amide bonds. The summed E-state index contributed by atoms with van der Waals surface area (Å²) in [5.41, 5.74) is 1.47. The van der Waals surface area contributed by atoms with Gasteiger partial charge in [0.15, 0.2) is 0 Å². The van der Waals surface area contributed by atoms with Crippen molar-refractivity contribution in [2.75, 3.05) is 7.05 Å². The van der Waals surface area contributed by atoms with Gasteiger partial charge in [0.25, 0.3) is 0 Å². The summed E-state index contributed by atoms with van der Waals surface area (Å²) in [4.78, 5) is 0. The molecule has 0 aliphatic carbocycles. The van der Waals surface area contributed by atoms with E-state index in [0.717, 1.165) is 0 Å². The quantitative estimate of drug-likeness (QED) is 0.618. The zero-order valence-corrected chi connectivity index (χ0v) is 8.71. The van der Waals surface area contributed by atoms with E-state index in [2.05, 4.69) is 46.5 Å². The van der Waals surface area contributed by atoms with E-state index >= 15 is 0 Å². The lowest BCUT2D eigenvalue weighted by Gasteiger charge is -2.42. The van der Waals surface area contributed by atoms with Gasteiger partial charge in [0, 0.05) is 11.0 Å². The summed E-state index contributed by atoms with van der Waals surface area (Å²) in [5.74, 6) is 0. The highest BCUT2D eigenvalue weighted by atomic mass is 14.9. The van der Waals surface area contributed by atoms with Crippen molar-refractivity contribution < 1.29 is 0 Å². The Labute approximate surface area is 70.9 Å². The normalized spacial score (nSPS) is 13.3. The van der Waals surface area contributed by atoms with Crippen molar-refractivity contribution in [2.24, 2.45) is 5.41 Å². The Morgan fingerprint density at radius 1 is 1.18 bits per heavy atom. The fourth-order valence-corrected chi connectivity index (χ4v) is 0.846. The van der Waals surface area contributed by atoms with Gasteiger partial charge in [-0.1, -0.05) is 26.0 Å². The Morgan fingerprint density at radius 2 is 1.55 bits per heavy atom. The molecule has 0 unspecified atom stereocenters. The van der Waals surface area contributed by atoms with E-state index in [4.69, 9.17) is 0 Å². The van der Waals surface area contributed by atoms with Crippen molar-refractivity contribution in [3.05, 3.63) is 12.2 Å². The minimum atomic E-state index is 0.110. The van der Waals surface area contributed by atoms with E-state index in [1.165, 1.54) is 5.57 Å². The fraction of sp³-hybridized carbons (Fsp3) is 0.800. The average molecular weight is 155 g/mol. The molecule has 0 rings (SSSR count). The summed E-state index contributed by atoms with van der Waals surface area (Å²) in [5, 5.41) is 3.30. The Bertz CT molecular complexity index is 154. The summed E-state index contributed by atoms with van der Waals surface area (Å²) in [6.07, 6.45) is 0. The van der Waals surface area contributed by atoms with E-state index in [0.29, 0.717) is 0 Å². The first kappa shape index (κ1) is 10.7. The fourth-order valence-electron chi connectivity index (χ4n) is 0.846. The van der Waals surface area contributed by atoms with Crippen LogP contribution < -0.4 is 5.32 Å². The Balaban J connectivity index is 4.67. The van der Waals surface area contributed by atoms with Crippen LogP contribution in [0, 0.1) is 5.41 Å². The standard InChI is InChI=1S/C10H21N/c1-8(2)9(3,4)10(5,6)11-7/h11H,1H2,2-7H3. The van der Waals surface area contributed by atoms with Gasteiger partial charge in [-0.05, 0) is 27.8 Å². The first-order valence-electron chi connectivity index (χ1n) is 4.10. The average Bonchev–Trinajstić information content (AvgIpc) is 1.87. The van der Waals surface area contributed by atoms with Crippen molar-refractivity contribution in [1.29, 1.82) is 0 Å². The molecule has 0 aliphatic heterocycles. The summed E-state index contributed by atoms with van der Waals surface area (Å²) < 4.78 is 0. The van der Waals surface area contributed by atoms with Crippen LogP contribution in [0.4, 0.5) is 0 Å². The topological polar surface area (TPSA) is 12.0 Å². The van der Waals surface area contributed by atoms with Gasteiger partial charge in [0.2, 0.25) is 0 Å². The van der Waals surface area contributed by atoms with E-state index < -0.39 is 0 Å². The van der Waals surface area contributed by atoms with Crippen molar-refractivity contribution in [3.8, 4) is 0 Å². The zero-order chi connectivity index (χ0) is 9.28. The Kier molecular flexibility index (Phi) is 2.90. The highest BCUT2D eigenvalue weighted by molar-refractivity contribution is 5.12. The highest BCUT2D eigenvalue weighted by Gasteiger charge is 2.35. The van der Waals surface area contributed by atoms with Crippen LogP contribution in [-0.4, -0.2) is 12.6 Å². The van der Waals surface area contributed by atoms with Gasteiger partial charge < -0.3 is 5.32 Å². The second-order valence-electron chi connectivity index (χ2n) is 4.28. The highest BCUT2D eigenvalue weighted by Crippen LogP contribution is 2.36. The number of nitrogens with one attached hydrogen (secondary N) is 1. The SMILES string of the molecule is C=C(C)C(C)(C)C(C)(C)NC. The van der Waals surface area contributed by atoms with E-state index in [1.807, 2.05) is 7.05 Å². The minimum Gasteiger partial charge on any atom is -0.314 e. The van der Waals surface area contributed by atoms with Gasteiger partial charge in [-0.2, -0.15) is 0 Å². The van der Waals surface area contributed by atoms with E-state index in [-0.39, 0.29) is 11.0 Å². The molecule has 0 fully saturated rings. The second kappa shape index (κ2) is 2.98. The zero-order valence-electron chi connectivity index (χ0n) is 8.71. The second-order valence-corrected chi connectivity index (χ2v) is 4.28. The number of hydrogen-bond acceptors (Lipinski definition) is 1. The number of hydrogen-bond donors (Lipinski definition) is 1. The molecule has 0 saturated heterocycles. The lowest BCUT2D eigenvalue weighted by atomic mass is 9.70. The largest absolute Gasteiger partial charge is 0.314 e. The molecule has 0 atom stereocenters. The van der Waals surface area contributed by atoms with Gasteiger partial charge in [0.05, 0.1) is 0 Å². The molecular weight excluding hydrogens is 134 g/mol. The van der Waals surface area contributed by atoms with Gasteiger partial charge in [-0.25, -0.2) is 0 Å². The molecule has 0 saturated carbocycles. The molecule has 1 N–H and O–H groups in total. The maximum Gasteiger partial charge on any atom is 0.0209 e.